The molecule has 132 valence electrons. The van der Waals surface area contributed by atoms with Crippen molar-refractivity contribution in [3.63, 3.8) is 0 Å². The van der Waals surface area contributed by atoms with Crippen molar-refractivity contribution >= 4 is 12.0 Å². The Morgan fingerprint density at radius 3 is 2.38 bits per heavy atom. The van der Waals surface area contributed by atoms with E-state index in [0.717, 1.165) is 5.56 Å². The van der Waals surface area contributed by atoms with Crippen LogP contribution in [0.5, 0.6) is 0 Å². The largest absolute Gasteiger partial charge is 0.450 e. The first-order valence-electron chi connectivity index (χ1n) is 8.50. The number of piperazine rings is 1. The summed E-state index contributed by atoms with van der Waals surface area (Å²) in [4.78, 5) is 27.8. The number of amides is 2. The molecule has 0 spiro atoms. The molecule has 1 fully saturated rings. The maximum Gasteiger partial charge on any atom is 0.409 e. The van der Waals surface area contributed by atoms with Crippen molar-refractivity contribution in [2.45, 2.75) is 33.4 Å². The minimum Gasteiger partial charge on any atom is -0.450 e. The van der Waals surface area contributed by atoms with Crippen LogP contribution in [-0.4, -0.2) is 60.6 Å². The van der Waals surface area contributed by atoms with E-state index in [1.54, 1.807) is 11.8 Å². The van der Waals surface area contributed by atoms with E-state index < -0.39 is 0 Å². The van der Waals surface area contributed by atoms with E-state index in [-0.39, 0.29) is 18.0 Å². The third-order valence-corrected chi connectivity index (χ3v) is 4.35. The number of benzene rings is 1. The van der Waals surface area contributed by atoms with Crippen LogP contribution < -0.4 is 5.32 Å². The number of hydrogen-bond donors (Lipinski definition) is 1. The van der Waals surface area contributed by atoms with E-state index in [1.807, 2.05) is 38.1 Å². The Bertz CT molecular complexity index is 551. The predicted molar refractivity (Wildman–Crippen MR) is 92.7 cm³/mol. The van der Waals surface area contributed by atoms with E-state index in [1.165, 1.54) is 5.56 Å². The fourth-order valence-electron chi connectivity index (χ4n) is 2.72. The van der Waals surface area contributed by atoms with Gasteiger partial charge >= 0.3 is 6.09 Å². The SMILES string of the molecule is CCOC(=O)N1CCN([C@H](C)C(=O)NCc2ccc(C)cc2)CC1. The normalized spacial score (nSPS) is 16.5. The fourth-order valence-corrected chi connectivity index (χ4v) is 2.72. The number of nitrogens with one attached hydrogen (secondary N) is 1. The van der Waals surface area contributed by atoms with Crippen molar-refractivity contribution < 1.29 is 14.3 Å². The monoisotopic (exact) mass is 333 g/mol. The molecule has 1 aromatic carbocycles. The van der Waals surface area contributed by atoms with E-state index in [9.17, 15) is 9.59 Å². The molecule has 0 unspecified atom stereocenters. The van der Waals surface area contributed by atoms with Gasteiger partial charge in [0.25, 0.3) is 0 Å². The van der Waals surface area contributed by atoms with Crippen LogP contribution in [0.25, 0.3) is 0 Å². The molecule has 6 nitrogen and oxygen atoms in total. The van der Waals surface area contributed by atoms with Crippen LogP contribution in [0.3, 0.4) is 0 Å². The Morgan fingerprint density at radius 1 is 1.17 bits per heavy atom. The molecule has 0 saturated carbocycles. The molecule has 0 radical (unpaired) electrons. The Labute approximate surface area is 143 Å². The van der Waals surface area contributed by atoms with Crippen LogP contribution in [0.15, 0.2) is 24.3 Å². The summed E-state index contributed by atoms with van der Waals surface area (Å²) in [6, 6.07) is 7.93. The molecule has 1 atom stereocenters. The second kappa shape index (κ2) is 8.68. The minimum atomic E-state index is -0.270. The van der Waals surface area contributed by atoms with Crippen LogP contribution in [0, 0.1) is 6.92 Å². The van der Waals surface area contributed by atoms with Gasteiger partial charge in [-0.2, -0.15) is 0 Å². The van der Waals surface area contributed by atoms with Gasteiger partial charge in [0.15, 0.2) is 0 Å². The third kappa shape index (κ3) is 4.96. The summed E-state index contributed by atoms with van der Waals surface area (Å²) in [6.45, 7) is 9.21. The highest BCUT2D eigenvalue weighted by molar-refractivity contribution is 5.81. The van der Waals surface area contributed by atoms with Gasteiger partial charge in [-0.25, -0.2) is 4.79 Å². The van der Waals surface area contributed by atoms with Gasteiger partial charge in [0.2, 0.25) is 5.91 Å². The Kier molecular flexibility index (Phi) is 6.61. The number of rotatable bonds is 5. The zero-order valence-electron chi connectivity index (χ0n) is 14.7. The number of aryl methyl sites for hydroxylation is 1. The number of ether oxygens (including phenoxy) is 1. The number of carbonyl (C=O) groups is 2. The topological polar surface area (TPSA) is 61.9 Å². The highest BCUT2D eigenvalue weighted by Crippen LogP contribution is 2.09. The van der Waals surface area contributed by atoms with Crippen LogP contribution >= 0.6 is 0 Å². The van der Waals surface area contributed by atoms with Gasteiger partial charge in [-0.05, 0) is 26.3 Å². The Balaban J connectivity index is 1.77. The second-order valence-corrected chi connectivity index (χ2v) is 6.10. The molecule has 1 heterocycles. The first-order valence-corrected chi connectivity index (χ1v) is 8.50. The average molecular weight is 333 g/mol. The van der Waals surface area contributed by atoms with Gasteiger partial charge < -0.3 is 15.0 Å². The maximum absolute atomic E-state index is 12.3. The van der Waals surface area contributed by atoms with Crippen molar-refractivity contribution in [3.05, 3.63) is 35.4 Å². The molecule has 1 saturated heterocycles. The lowest BCUT2D eigenvalue weighted by Gasteiger charge is -2.36. The van der Waals surface area contributed by atoms with E-state index in [2.05, 4.69) is 10.2 Å². The summed E-state index contributed by atoms with van der Waals surface area (Å²) >= 11 is 0. The lowest BCUT2D eigenvalue weighted by Crippen LogP contribution is -2.55. The standard InChI is InChI=1S/C18H27N3O3/c1-4-24-18(23)21-11-9-20(10-12-21)15(3)17(22)19-13-16-7-5-14(2)6-8-16/h5-8,15H,4,9-13H2,1-3H3,(H,19,22)/t15-/m1/s1. The van der Waals surface area contributed by atoms with Crippen LogP contribution in [-0.2, 0) is 16.1 Å². The van der Waals surface area contributed by atoms with Gasteiger partial charge in [0.1, 0.15) is 0 Å². The maximum atomic E-state index is 12.3. The van der Waals surface area contributed by atoms with Crippen LogP contribution in [0.1, 0.15) is 25.0 Å². The highest BCUT2D eigenvalue weighted by atomic mass is 16.6. The number of nitrogens with zero attached hydrogens (tertiary/aromatic N) is 2. The molecular weight excluding hydrogens is 306 g/mol. The summed E-state index contributed by atoms with van der Waals surface area (Å²) in [7, 11) is 0. The highest BCUT2D eigenvalue weighted by Gasteiger charge is 2.27. The first kappa shape index (κ1) is 18.3. The average Bonchev–Trinajstić information content (AvgIpc) is 2.60. The summed E-state index contributed by atoms with van der Waals surface area (Å²) in [6.07, 6.45) is -0.270. The van der Waals surface area contributed by atoms with Gasteiger partial charge in [-0.3, -0.25) is 9.69 Å². The molecular formula is C18H27N3O3. The smallest absolute Gasteiger partial charge is 0.409 e. The summed E-state index contributed by atoms with van der Waals surface area (Å²) < 4.78 is 5.01. The minimum absolute atomic E-state index is 0.0140. The molecule has 1 N–H and O–H groups in total. The zero-order valence-corrected chi connectivity index (χ0v) is 14.7. The second-order valence-electron chi connectivity index (χ2n) is 6.10. The molecule has 1 aliphatic rings. The molecule has 6 heteroatoms. The van der Waals surface area contributed by atoms with Crippen molar-refractivity contribution in [1.82, 2.24) is 15.1 Å². The van der Waals surface area contributed by atoms with Gasteiger partial charge in [-0.1, -0.05) is 29.8 Å². The fraction of sp³-hybridized carbons (Fsp3) is 0.556. The molecule has 24 heavy (non-hydrogen) atoms. The Morgan fingerprint density at radius 2 is 1.79 bits per heavy atom. The third-order valence-electron chi connectivity index (χ3n) is 4.35. The summed E-state index contributed by atoms with van der Waals surface area (Å²) in [5, 5.41) is 2.98. The molecule has 1 aromatic rings. The van der Waals surface area contributed by atoms with Crippen LogP contribution in [0.4, 0.5) is 4.79 Å². The quantitative estimate of drug-likeness (QED) is 0.892. The van der Waals surface area contributed by atoms with Crippen molar-refractivity contribution in [2.24, 2.45) is 0 Å². The van der Waals surface area contributed by atoms with E-state index in [0.29, 0.717) is 39.3 Å². The molecule has 1 aliphatic heterocycles. The number of carbonyl (C=O) groups excluding carboxylic acids is 2. The molecule has 0 aromatic heterocycles. The molecule has 2 amide bonds. The molecule has 0 bridgehead atoms. The lowest BCUT2D eigenvalue weighted by molar-refractivity contribution is -0.126. The molecule has 2 rings (SSSR count). The summed E-state index contributed by atoms with van der Waals surface area (Å²) in [5.41, 5.74) is 2.30. The number of hydrogen-bond acceptors (Lipinski definition) is 4. The predicted octanol–water partition coefficient (Wildman–Crippen LogP) is 1.77. The zero-order chi connectivity index (χ0) is 17.5. The van der Waals surface area contributed by atoms with Gasteiger partial charge in [0, 0.05) is 32.7 Å². The van der Waals surface area contributed by atoms with Crippen molar-refractivity contribution in [3.8, 4) is 0 Å². The Hall–Kier alpha value is -2.08. The molecule has 0 aliphatic carbocycles. The van der Waals surface area contributed by atoms with E-state index >= 15 is 0 Å². The lowest BCUT2D eigenvalue weighted by atomic mass is 10.1. The van der Waals surface area contributed by atoms with Crippen molar-refractivity contribution in [2.75, 3.05) is 32.8 Å². The van der Waals surface area contributed by atoms with Crippen molar-refractivity contribution in [1.29, 1.82) is 0 Å². The first-order chi connectivity index (χ1) is 11.5. The van der Waals surface area contributed by atoms with Crippen LogP contribution in [0.2, 0.25) is 0 Å². The van der Waals surface area contributed by atoms with Gasteiger partial charge in [0.05, 0.1) is 12.6 Å². The van der Waals surface area contributed by atoms with Gasteiger partial charge in [-0.15, -0.1) is 0 Å². The summed E-state index contributed by atoms with van der Waals surface area (Å²) in [5.74, 6) is 0.0140. The van der Waals surface area contributed by atoms with E-state index in [4.69, 9.17) is 4.74 Å².